The van der Waals surface area contributed by atoms with E-state index in [1.165, 1.54) is 22.0 Å². The Morgan fingerprint density at radius 2 is 1.90 bits per heavy atom. The maximum atomic E-state index is 13.1. The summed E-state index contributed by atoms with van der Waals surface area (Å²) in [5, 5.41) is 3.53. The molecule has 0 spiro atoms. The molecule has 9 heteroatoms. The second kappa shape index (κ2) is 9.74. The number of hydrogen-bond acceptors (Lipinski definition) is 6. The highest BCUT2D eigenvalue weighted by Crippen LogP contribution is 2.26. The molecule has 0 bridgehead atoms. The number of fused-ring (bicyclic) bond motifs is 1. The van der Waals surface area contributed by atoms with E-state index in [4.69, 9.17) is 0 Å². The fourth-order valence-corrected chi connectivity index (χ4v) is 4.56. The molecule has 1 N–H and O–H groups in total. The van der Waals surface area contributed by atoms with Crippen molar-refractivity contribution in [2.75, 3.05) is 23.3 Å². The van der Waals surface area contributed by atoms with Crippen molar-refractivity contribution in [2.45, 2.75) is 40.3 Å². The predicted octanol–water partition coefficient (Wildman–Crippen LogP) is 2.85. The van der Waals surface area contributed by atoms with Crippen molar-refractivity contribution in [1.29, 1.82) is 0 Å². The molecule has 8 nitrogen and oxygen atoms in total. The number of carbonyl (C=O) groups is 1. The minimum Gasteiger partial charge on any atom is -0.349 e. The van der Waals surface area contributed by atoms with Crippen LogP contribution in [-0.4, -0.2) is 33.1 Å². The van der Waals surface area contributed by atoms with Gasteiger partial charge in [-0.2, -0.15) is 0 Å². The van der Waals surface area contributed by atoms with Crippen molar-refractivity contribution in [2.24, 2.45) is 0 Å². The van der Waals surface area contributed by atoms with E-state index < -0.39 is 11.2 Å². The Hall–Kier alpha value is -3.20. The average molecular weight is 442 g/mol. The summed E-state index contributed by atoms with van der Waals surface area (Å²) in [6.45, 7) is 10.9. The molecule has 0 saturated carbocycles. The first-order valence-corrected chi connectivity index (χ1v) is 11.1. The van der Waals surface area contributed by atoms with Gasteiger partial charge in [0.1, 0.15) is 11.2 Å². The van der Waals surface area contributed by atoms with E-state index >= 15 is 0 Å². The standard InChI is InChI=1S/C22H27N5O3S/c1-5-13-26-20(29)18-19(24-21(31-18)25(7-3)8-4)27(22(26)30)14-17(28)23-16-12-10-9-11-15(16)6-2/h5,9-12H,1,6-8,13-14H2,2-4H3,(H,23,28). The zero-order chi connectivity index (χ0) is 22.5. The van der Waals surface area contributed by atoms with Crippen molar-refractivity contribution in [3.63, 3.8) is 0 Å². The number of para-hydroxylation sites is 1. The van der Waals surface area contributed by atoms with Gasteiger partial charge in [0, 0.05) is 25.3 Å². The normalized spacial score (nSPS) is 10.9. The molecule has 2 heterocycles. The minimum atomic E-state index is -0.576. The van der Waals surface area contributed by atoms with Crippen LogP contribution in [0.25, 0.3) is 10.3 Å². The number of anilines is 2. The molecule has 0 unspecified atom stereocenters. The van der Waals surface area contributed by atoms with Crippen molar-refractivity contribution < 1.29 is 4.79 Å². The minimum absolute atomic E-state index is 0.0619. The molecule has 0 aliphatic carbocycles. The first-order chi connectivity index (χ1) is 14.9. The van der Waals surface area contributed by atoms with Gasteiger partial charge in [-0.15, -0.1) is 6.58 Å². The molecule has 3 aromatic rings. The van der Waals surface area contributed by atoms with Gasteiger partial charge in [-0.1, -0.05) is 42.5 Å². The van der Waals surface area contributed by atoms with Crippen LogP contribution in [0.1, 0.15) is 26.3 Å². The lowest BCUT2D eigenvalue weighted by molar-refractivity contribution is -0.116. The molecule has 164 valence electrons. The number of benzene rings is 1. The first kappa shape index (κ1) is 22.5. The van der Waals surface area contributed by atoms with Crippen molar-refractivity contribution in [3.8, 4) is 0 Å². The van der Waals surface area contributed by atoms with E-state index in [0.717, 1.165) is 29.6 Å². The third-order valence-corrected chi connectivity index (χ3v) is 6.17. The van der Waals surface area contributed by atoms with Gasteiger partial charge in [0.15, 0.2) is 10.8 Å². The highest BCUT2D eigenvalue weighted by molar-refractivity contribution is 7.22. The Balaban J connectivity index is 2.09. The van der Waals surface area contributed by atoms with Crippen LogP contribution in [0.3, 0.4) is 0 Å². The molecule has 3 rings (SSSR count). The van der Waals surface area contributed by atoms with Gasteiger partial charge in [0.25, 0.3) is 5.56 Å². The van der Waals surface area contributed by atoms with Crippen LogP contribution in [-0.2, 0) is 24.3 Å². The third kappa shape index (κ3) is 4.46. The van der Waals surface area contributed by atoms with Gasteiger partial charge < -0.3 is 10.2 Å². The van der Waals surface area contributed by atoms with Gasteiger partial charge in [0.05, 0.1) is 0 Å². The molecule has 1 aromatic carbocycles. The number of rotatable bonds is 9. The van der Waals surface area contributed by atoms with Crippen LogP contribution in [0, 0.1) is 0 Å². The van der Waals surface area contributed by atoms with Crippen LogP contribution in [0.2, 0.25) is 0 Å². The Labute approximate surface area is 184 Å². The topological polar surface area (TPSA) is 89.2 Å². The second-order valence-corrected chi connectivity index (χ2v) is 7.93. The molecule has 0 aliphatic heterocycles. The lowest BCUT2D eigenvalue weighted by Gasteiger charge is -2.16. The van der Waals surface area contributed by atoms with Gasteiger partial charge in [-0.05, 0) is 31.9 Å². The van der Waals surface area contributed by atoms with Crippen molar-refractivity contribution >= 4 is 38.4 Å². The fraction of sp³-hybridized carbons (Fsp3) is 0.364. The fourth-order valence-electron chi connectivity index (χ4n) is 3.41. The molecule has 2 aromatic heterocycles. The Bertz CT molecular complexity index is 1220. The van der Waals surface area contributed by atoms with Gasteiger partial charge in [-0.25, -0.2) is 9.78 Å². The summed E-state index contributed by atoms with van der Waals surface area (Å²) in [5.41, 5.74) is 0.959. The SMILES string of the molecule is C=CCn1c(=O)c2sc(N(CC)CC)nc2n(CC(=O)Nc2ccccc2CC)c1=O. The lowest BCUT2D eigenvalue weighted by atomic mass is 10.1. The molecule has 1 amide bonds. The molecule has 0 fully saturated rings. The summed E-state index contributed by atoms with van der Waals surface area (Å²) in [4.78, 5) is 45.4. The summed E-state index contributed by atoms with van der Waals surface area (Å²) in [5.74, 6) is -0.356. The van der Waals surface area contributed by atoms with E-state index in [0.29, 0.717) is 15.5 Å². The Morgan fingerprint density at radius 3 is 2.55 bits per heavy atom. The van der Waals surface area contributed by atoms with Gasteiger partial charge >= 0.3 is 5.69 Å². The maximum absolute atomic E-state index is 13.1. The summed E-state index contributed by atoms with van der Waals surface area (Å²) in [6.07, 6.45) is 2.26. The number of nitrogens with one attached hydrogen (secondary N) is 1. The smallest absolute Gasteiger partial charge is 0.333 e. The van der Waals surface area contributed by atoms with Gasteiger partial charge in [-0.3, -0.25) is 18.7 Å². The average Bonchev–Trinajstić information content (AvgIpc) is 3.21. The van der Waals surface area contributed by atoms with E-state index in [2.05, 4.69) is 16.9 Å². The molecular formula is C22H27N5O3S. The molecule has 0 aliphatic rings. The summed E-state index contributed by atoms with van der Waals surface area (Å²) >= 11 is 1.24. The first-order valence-electron chi connectivity index (χ1n) is 10.3. The van der Waals surface area contributed by atoms with Crippen molar-refractivity contribution in [1.82, 2.24) is 14.1 Å². The zero-order valence-corrected chi connectivity index (χ0v) is 18.9. The Morgan fingerprint density at radius 1 is 1.19 bits per heavy atom. The summed E-state index contributed by atoms with van der Waals surface area (Å²) in [6, 6.07) is 7.54. The number of aryl methyl sites for hydroxylation is 1. The van der Waals surface area contributed by atoms with Crippen LogP contribution in [0.15, 0.2) is 46.5 Å². The number of nitrogens with zero attached hydrogens (tertiary/aromatic N) is 4. The van der Waals surface area contributed by atoms with Gasteiger partial charge in [0.2, 0.25) is 5.91 Å². The highest BCUT2D eigenvalue weighted by atomic mass is 32.1. The summed E-state index contributed by atoms with van der Waals surface area (Å²) < 4.78 is 2.71. The monoisotopic (exact) mass is 441 g/mol. The highest BCUT2D eigenvalue weighted by Gasteiger charge is 2.21. The van der Waals surface area contributed by atoms with E-state index in [1.54, 1.807) is 0 Å². The number of hydrogen-bond donors (Lipinski definition) is 1. The molecular weight excluding hydrogens is 414 g/mol. The number of amides is 1. The van der Waals surface area contributed by atoms with E-state index in [9.17, 15) is 14.4 Å². The number of allylic oxidation sites excluding steroid dienone is 1. The summed E-state index contributed by atoms with van der Waals surface area (Å²) in [7, 11) is 0. The second-order valence-electron chi connectivity index (χ2n) is 6.95. The van der Waals surface area contributed by atoms with Crippen LogP contribution >= 0.6 is 11.3 Å². The van der Waals surface area contributed by atoms with Crippen LogP contribution in [0.4, 0.5) is 10.8 Å². The third-order valence-electron chi connectivity index (χ3n) is 5.07. The Kier molecular flexibility index (Phi) is 7.06. The number of carbonyl (C=O) groups excluding carboxylic acids is 1. The van der Waals surface area contributed by atoms with Crippen LogP contribution < -0.4 is 21.5 Å². The molecule has 31 heavy (non-hydrogen) atoms. The predicted molar refractivity (Wildman–Crippen MR) is 126 cm³/mol. The number of aromatic nitrogens is 3. The van der Waals surface area contributed by atoms with Crippen LogP contribution in [0.5, 0.6) is 0 Å². The molecule has 0 atom stereocenters. The molecule has 0 radical (unpaired) electrons. The quantitative estimate of drug-likeness (QED) is 0.516. The van der Waals surface area contributed by atoms with Crippen molar-refractivity contribution in [3.05, 3.63) is 63.3 Å². The zero-order valence-electron chi connectivity index (χ0n) is 18.1. The molecule has 0 saturated heterocycles. The van der Waals surface area contributed by atoms with E-state index in [-0.39, 0.29) is 24.6 Å². The lowest BCUT2D eigenvalue weighted by Crippen LogP contribution is -2.41. The largest absolute Gasteiger partial charge is 0.349 e. The maximum Gasteiger partial charge on any atom is 0.333 e. The van der Waals surface area contributed by atoms with E-state index in [1.807, 2.05) is 49.9 Å². The number of thiazole rings is 1.